The Kier molecular flexibility index (Phi) is 5.52. The first-order chi connectivity index (χ1) is 23.2. The van der Waals surface area contributed by atoms with Gasteiger partial charge in [0.1, 0.15) is 0 Å². The van der Waals surface area contributed by atoms with E-state index in [0.29, 0.717) is 0 Å². The maximum absolute atomic E-state index is 16.0. The average molecular weight is 622 g/mol. The van der Waals surface area contributed by atoms with Crippen LogP contribution in [0.1, 0.15) is 0 Å². The van der Waals surface area contributed by atoms with E-state index >= 15 is 4.57 Å². The lowest BCUT2D eigenvalue weighted by molar-refractivity contribution is 0.582. The molecule has 1 aliphatic rings. The Hall–Kier alpha value is -5.83. The minimum atomic E-state index is -3.43. The van der Waals surface area contributed by atoms with Gasteiger partial charge in [0.05, 0.1) is 33.2 Å². The van der Waals surface area contributed by atoms with Gasteiger partial charge in [-0.25, -0.2) is 0 Å². The molecule has 0 saturated carbocycles. The van der Waals surface area contributed by atoms with Crippen LogP contribution in [0.25, 0.3) is 49.2 Å². The topological polar surface area (TPSA) is 28.0 Å². The predicted molar refractivity (Wildman–Crippen MR) is 197 cm³/mol. The molecule has 7 aromatic carbocycles. The number of fused-ring (bicyclic) bond motifs is 7. The zero-order chi connectivity index (χ0) is 31.1. The fourth-order valence-corrected chi connectivity index (χ4v) is 10.6. The summed E-state index contributed by atoms with van der Waals surface area (Å²) in [5.41, 5.74) is 9.54. The molecule has 47 heavy (non-hydrogen) atoms. The molecule has 1 atom stereocenters. The van der Waals surface area contributed by atoms with Crippen LogP contribution >= 0.6 is 7.44 Å². The van der Waals surface area contributed by atoms with Crippen molar-refractivity contribution in [3.63, 3.8) is 0 Å². The highest BCUT2D eigenvalue weighted by Crippen LogP contribution is 2.70. The summed E-state index contributed by atoms with van der Waals surface area (Å²) in [7, 11) is -3.43. The van der Waals surface area contributed by atoms with Crippen LogP contribution in [-0.2, 0) is 4.57 Å². The second-order valence-electron chi connectivity index (χ2n) is 12.2. The Bertz CT molecular complexity index is 2580. The lowest BCUT2D eigenvalue weighted by Crippen LogP contribution is -2.26. The molecule has 0 radical (unpaired) electrons. The summed E-state index contributed by atoms with van der Waals surface area (Å²) in [5, 5.41) is 5.76. The summed E-state index contributed by atoms with van der Waals surface area (Å²) in [5.74, 6) is 0. The van der Waals surface area contributed by atoms with Crippen LogP contribution in [0.2, 0.25) is 0 Å². The third-order valence-corrected chi connectivity index (χ3v) is 12.6. The second-order valence-corrected chi connectivity index (χ2v) is 14.6. The van der Waals surface area contributed by atoms with Crippen LogP contribution in [0.3, 0.4) is 0 Å². The quantitative estimate of drug-likeness (QED) is 0.183. The predicted octanol–water partition coefficient (Wildman–Crippen LogP) is 11.3. The van der Waals surface area contributed by atoms with Gasteiger partial charge in [-0.1, -0.05) is 97.1 Å². The van der Waals surface area contributed by atoms with Gasteiger partial charge in [0.25, 0.3) is 0 Å². The van der Waals surface area contributed by atoms with Crippen LogP contribution < -0.4 is 14.6 Å². The summed E-state index contributed by atoms with van der Waals surface area (Å²) in [6.07, 6.45) is 0. The maximum atomic E-state index is 16.0. The Morgan fingerprint density at radius 2 is 0.894 bits per heavy atom. The van der Waals surface area contributed by atoms with Crippen LogP contribution in [0, 0.1) is 0 Å². The fourth-order valence-electron chi connectivity index (χ4n) is 7.63. The van der Waals surface area contributed by atoms with Crippen LogP contribution in [0.4, 0.5) is 22.7 Å². The fraction of sp³-hybridized carbons (Fsp3) is 0. The number of hydrogen-bond donors (Lipinski definition) is 0. The molecule has 10 rings (SSSR count). The van der Waals surface area contributed by atoms with E-state index < -0.39 is 7.44 Å². The van der Waals surface area contributed by atoms with E-state index in [1.165, 1.54) is 38.1 Å². The van der Waals surface area contributed by atoms with Gasteiger partial charge in [-0.3, -0.25) is 13.9 Å². The van der Waals surface area contributed by atoms with E-state index in [1.807, 2.05) is 78.9 Å². The van der Waals surface area contributed by atoms with E-state index in [0.717, 1.165) is 39.2 Å². The van der Waals surface area contributed by atoms with Crippen molar-refractivity contribution in [2.75, 3.05) is 9.34 Å². The lowest BCUT2D eigenvalue weighted by Gasteiger charge is -2.33. The van der Waals surface area contributed by atoms with Crippen molar-refractivity contribution in [1.82, 2.24) is 4.40 Å². The number of aromatic nitrogens is 1. The average Bonchev–Trinajstić information content (AvgIpc) is 3.75. The third kappa shape index (κ3) is 3.62. The van der Waals surface area contributed by atoms with Crippen molar-refractivity contribution in [2.24, 2.45) is 0 Å². The Balaban J connectivity index is 1.27. The molecule has 5 heteroatoms. The molecule has 1 aliphatic heterocycles. The van der Waals surface area contributed by atoms with E-state index in [2.05, 4.69) is 105 Å². The number of anilines is 4. The number of hydrogen-bond acceptors (Lipinski definition) is 1. The molecule has 0 saturated heterocycles. The summed E-state index contributed by atoms with van der Waals surface area (Å²) in [6, 6.07) is 58.8. The zero-order valence-corrected chi connectivity index (χ0v) is 26.3. The van der Waals surface area contributed by atoms with E-state index in [9.17, 15) is 0 Å². The molecular weight excluding hydrogens is 593 g/mol. The molecule has 3 heterocycles. The molecule has 1 unspecified atom stereocenters. The summed E-state index contributed by atoms with van der Waals surface area (Å²) < 4.78 is 22.5. The molecular formula is C42H28N3OP. The highest BCUT2D eigenvalue weighted by molar-refractivity contribution is 7.76. The minimum absolute atomic E-state index is 0.782. The molecule has 0 aliphatic carbocycles. The summed E-state index contributed by atoms with van der Waals surface area (Å²) in [6.45, 7) is 0. The Morgan fingerprint density at radius 3 is 1.47 bits per heavy atom. The van der Waals surface area contributed by atoms with Crippen LogP contribution in [-0.4, -0.2) is 4.40 Å². The van der Waals surface area contributed by atoms with Gasteiger partial charge in [0.15, 0.2) is 0 Å². The second kappa shape index (κ2) is 9.83. The molecule has 222 valence electrons. The van der Waals surface area contributed by atoms with Crippen LogP contribution in [0.15, 0.2) is 170 Å². The molecule has 2 aromatic heterocycles. The molecule has 0 amide bonds. The number of nitrogens with zero attached hydrogens (tertiary/aromatic N) is 3. The van der Waals surface area contributed by atoms with Gasteiger partial charge in [0, 0.05) is 32.9 Å². The first-order valence-corrected chi connectivity index (χ1v) is 17.5. The monoisotopic (exact) mass is 621 g/mol. The van der Waals surface area contributed by atoms with Crippen molar-refractivity contribution in [3.8, 4) is 11.1 Å². The number of benzene rings is 7. The highest BCUT2D eigenvalue weighted by Gasteiger charge is 2.49. The molecule has 0 bridgehead atoms. The first-order valence-electron chi connectivity index (χ1n) is 15.9. The van der Waals surface area contributed by atoms with E-state index in [1.54, 1.807) is 0 Å². The van der Waals surface area contributed by atoms with Crippen molar-refractivity contribution in [1.29, 1.82) is 0 Å². The van der Waals surface area contributed by atoms with Gasteiger partial charge in [-0.15, -0.1) is 0 Å². The SMILES string of the molecule is O=P1(c2ccccc2)N(c2ccccc2)c2ccc(-c3cc4c5ccccc5n5c6ccccc6c(c3)c45)cc2N1c1ccccc1. The van der Waals surface area contributed by atoms with Crippen LogP contribution in [0.5, 0.6) is 0 Å². The van der Waals surface area contributed by atoms with Gasteiger partial charge >= 0.3 is 7.44 Å². The van der Waals surface area contributed by atoms with Crippen molar-refractivity contribution in [2.45, 2.75) is 0 Å². The third-order valence-electron chi connectivity index (χ3n) is 9.61. The van der Waals surface area contributed by atoms with Crippen molar-refractivity contribution in [3.05, 3.63) is 170 Å². The van der Waals surface area contributed by atoms with Gasteiger partial charge < -0.3 is 4.40 Å². The molecule has 0 spiro atoms. The zero-order valence-electron chi connectivity index (χ0n) is 25.4. The molecule has 4 nitrogen and oxygen atoms in total. The van der Waals surface area contributed by atoms with E-state index in [-0.39, 0.29) is 0 Å². The standard InChI is InChI=1S/C42H28N3OP/c46-47(33-18-8-3-9-19-33)44(31-14-4-1-5-15-31)40-25-24-29(28-41(40)45(47)32-16-6-2-7-17-32)30-26-36-34-20-10-12-22-38(34)43-39-23-13-11-21-35(39)37(27-30)42(36)43/h1-28H. The van der Waals surface area contributed by atoms with Crippen molar-refractivity contribution >= 4 is 73.6 Å². The molecule has 9 aromatic rings. The Labute approximate surface area is 272 Å². The maximum Gasteiger partial charge on any atom is 0.301 e. The van der Waals surface area contributed by atoms with E-state index in [4.69, 9.17) is 0 Å². The lowest BCUT2D eigenvalue weighted by atomic mass is 9.98. The van der Waals surface area contributed by atoms with Crippen molar-refractivity contribution < 1.29 is 4.57 Å². The smallest absolute Gasteiger partial charge is 0.301 e. The summed E-state index contributed by atoms with van der Waals surface area (Å²) in [4.78, 5) is 0. The normalized spacial score (nSPS) is 16.2. The highest BCUT2D eigenvalue weighted by atomic mass is 31.2. The largest absolute Gasteiger partial charge is 0.308 e. The number of para-hydroxylation sites is 4. The van der Waals surface area contributed by atoms with Gasteiger partial charge in [-0.05, 0) is 83.9 Å². The van der Waals surface area contributed by atoms with Gasteiger partial charge in [0.2, 0.25) is 0 Å². The number of rotatable bonds is 4. The first kappa shape index (κ1) is 26.4. The molecule has 0 N–H and O–H groups in total. The Morgan fingerprint density at radius 1 is 0.404 bits per heavy atom. The minimum Gasteiger partial charge on any atom is -0.308 e. The van der Waals surface area contributed by atoms with Gasteiger partial charge in [-0.2, -0.15) is 0 Å². The molecule has 0 fully saturated rings. The summed E-state index contributed by atoms with van der Waals surface area (Å²) >= 11 is 0.